The van der Waals surface area contributed by atoms with Gasteiger partial charge in [0.05, 0.1) is 5.69 Å². The van der Waals surface area contributed by atoms with Gasteiger partial charge in [-0.05, 0) is 20.8 Å². The second-order valence-electron chi connectivity index (χ2n) is 3.57. The average Bonchev–Trinajstić information content (AvgIpc) is 2.22. The maximum absolute atomic E-state index is 11.6. The molecule has 0 fully saturated rings. The highest BCUT2D eigenvalue weighted by Crippen LogP contribution is 2.15. The molecule has 0 aromatic heterocycles. The monoisotopic (exact) mass is 220 g/mol. The Balaban J connectivity index is 3.01. The Kier molecular flexibility index (Phi) is 2.34. The molecular weight excluding hydrogens is 208 g/mol. The van der Waals surface area contributed by atoms with E-state index in [1.165, 1.54) is 0 Å². The molecule has 2 aliphatic heterocycles. The van der Waals surface area contributed by atoms with Crippen molar-refractivity contribution in [1.29, 1.82) is 0 Å². The molecule has 0 aromatic carbocycles. The van der Waals surface area contributed by atoms with Gasteiger partial charge in [0.25, 0.3) is 5.56 Å². The van der Waals surface area contributed by atoms with Crippen LogP contribution in [-0.2, 0) is 6.54 Å². The maximum Gasteiger partial charge on any atom is 0.349 e. The van der Waals surface area contributed by atoms with Crippen LogP contribution in [-0.4, -0.2) is 19.5 Å². The predicted octanol–water partition coefficient (Wildman–Crippen LogP) is 0.0681. The van der Waals surface area contributed by atoms with E-state index in [0.717, 1.165) is 11.4 Å². The zero-order valence-electron chi connectivity index (χ0n) is 9.37. The molecule has 2 rings (SSSR count). The number of H-pyrrole nitrogens is 1. The molecule has 0 saturated carbocycles. The number of fused-ring (bicyclic) bond motifs is 1. The van der Waals surface area contributed by atoms with Crippen LogP contribution in [0.3, 0.4) is 0 Å². The smallest absolute Gasteiger partial charge is 0.327 e. The molecule has 0 aromatic rings. The van der Waals surface area contributed by atoms with Crippen molar-refractivity contribution in [3.8, 4) is 11.5 Å². The third-order valence-electron chi connectivity index (χ3n) is 2.63. The summed E-state index contributed by atoms with van der Waals surface area (Å²) in [7, 11) is 0. The van der Waals surface area contributed by atoms with Crippen molar-refractivity contribution in [2.45, 2.75) is 27.3 Å². The maximum atomic E-state index is 11.6. The molecule has 0 amide bonds. The Bertz CT molecular complexity index is 626. The van der Waals surface area contributed by atoms with E-state index in [4.69, 9.17) is 0 Å². The third kappa shape index (κ3) is 1.42. The SMILES string of the molecule is CCn1c2nc(=O)[nH]c(=O)c-2nc(C)c1C. The van der Waals surface area contributed by atoms with Crippen LogP contribution in [0.2, 0.25) is 0 Å². The summed E-state index contributed by atoms with van der Waals surface area (Å²) < 4.78 is 1.81. The first-order valence-electron chi connectivity index (χ1n) is 5.02. The van der Waals surface area contributed by atoms with Crippen molar-refractivity contribution in [1.82, 2.24) is 19.5 Å². The van der Waals surface area contributed by atoms with E-state index < -0.39 is 11.2 Å². The van der Waals surface area contributed by atoms with Crippen LogP contribution >= 0.6 is 0 Å². The zero-order chi connectivity index (χ0) is 11.9. The van der Waals surface area contributed by atoms with E-state index in [1.54, 1.807) is 0 Å². The van der Waals surface area contributed by atoms with Crippen molar-refractivity contribution in [3.05, 3.63) is 32.2 Å². The van der Waals surface area contributed by atoms with E-state index in [0.29, 0.717) is 12.4 Å². The van der Waals surface area contributed by atoms with E-state index in [-0.39, 0.29) is 5.69 Å². The number of hydrogen-bond donors (Lipinski definition) is 1. The molecule has 0 bridgehead atoms. The van der Waals surface area contributed by atoms with Gasteiger partial charge in [-0.3, -0.25) is 9.78 Å². The summed E-state index contributed by atoms with van der Waals surface area (Å²) in [5.41, 5.74) is 0.766. The molecular formula is C10H12N4O2. The standard InChI is InChI=1S/C10H12N4O2/c1-4-14-6(3)5(2)11-7-8(14)12-10(16)13-9(7)15/h4H2,1-3H3,(H,13,15,16). The van der Waals surface area contributed by atoms with Crippen molar-refractivity contribution in [2.24, 2.45) is 0 Å². The molecule has 0 saturated heterocycles. The van der Waals surface area contributed by atoms with Crippen LogP contribution in [0.25, 0.3) is 11.5 Å². The topological polar surface area (TPSA) is 80.6 Å². The average molecular weight is 220 g/mol. The van der Waals surface area contributed by atoms with Gasteiger partial charge in [0.1, 0.15) is 0 Å². The minimum atomic E-state index is -0.634. The normalized spacial score (nSPS) is 10.9. The molecule has 1 N–H and O–H groups in total. The Morgan fingerprint density at radius 2 is 1.94 bits per heavy atom. The van der Waals surface area contributed by atoms with Crippen molar-refractivity contribution >= 4 is 0 Å². The fraction of sp³-hybridized carbons (Fsp3) is 0.400. The second kappa shape index (κ2) is 3.55. The van der Waals surface area contributed by atoms with Gasteiger partial charge < -0.3 is 4.57 Å². The van der Waals surface area contributed by atoms with E-state index in [2.05, 4.69) is 15.0 Å². The number of aromatic nitrogens is 4. The third-order valence-corrected chi connectivity index (χ3v) is 2.63. The largest absolute Gasteiger partial charge is 0.349 e. The summed E-state index contributed by atoms with van der Waals surface area (Å²) in [4.78, 5) is 32.8. The van der Waals surface area contributed by atoms with E-state index >= 15 is 0 Å². The summed E-state index contributed by atoms with van der Waals surface area (Å²) in [5, 5.41) is 0. The first-order valence-corrected chi connectivity index (χ1v) is 5.02. The fourth-order valence-corrected chi connectivity index (χ4v) is 1.71. The van der Waals surface area contributed by atoms with Crippen LogP contribution in [0.5, 0.6) is 0 Å². The van der Waals surface area contributed by atoms with Crippen molar-refractivity contribution in [2.75, 3.05) is 0 Å². The lowest BCUT2D eigenvalue weighted by Crippen LogP contribution is -2.29. The number of hydrogen-bond acceptors (Lipinski definition) is 4. The van der Waals surface area contributed by atoms with Gasteiger partial charge in [0.15, 0.2) is 11.5 Å². The Morgan fingerprint density at radius 3 is 2.56 bits per heavy atom. The number of nitrogens with one attached hydrogen (secondary N) is 1. The van der Waals surface area contributed by atoms with Crippen LogP contribution in [0.15, 0.2) is 9.59 Å². The highest BCUT2D eigenvalue weighted by atomic mass is 16.2. The minimum absolute atomic E-state index is 0.213. The van der Waals surface area contributed by atoms with Gasteiger partial charge in [0, 0.05) is 12.2 Å². The Hall–Kier alpha value is -1.98. The molecule has 16 heavy (non-hydrogen) atoms. The predicted molar refractivity (Wildman–Crippen MR) is 58.7 cm³/mol. The molecule has 84 valence electrons. The van der Waals surface area contributed by atoms with E-state index in [9.17, 15) is 9.59 Å². The minimum Gasteiger partial charge on any atom is -0.327 e. The van der Waals surface area contributed by atoms with E-state index in [1.807, 2.05) is 25.3 Å². The lowest BCUT2D eigenvalue weighted by molar-refractivity contribution is 0.693. The summed E-state index contributed by atoms with van der Waals surface area (Å²) >= 11 is 0. The summed E-state index contributed by atoms with van der Waals surface area (Å²) in [6, 6.07) is 0. The van der Waals surface area contributed by atoms with Crippen LogP contribution in [0.1, 0.15) is 18.3 Å². The first-order chi connectivity index (χ1) is 7.54. The molecule has 0 unspecified atom stereocenters. The lowest BCUT2D eigenvalue weighted by Gasteiger charge is -2.16. The van der Waals surface area contributed by atoms with Crippen LogP contribution in [0, 0.1) is 13.8 Å². The highest BCUT2D eigenvalue weighted by Gasteiger charge is 2.17. The Morgan fingerprint density at radius 1 is 1.25 bits per heavy atom. The molecule has 6 heteroatoms. The summed E-state index contributed by atoms with van der Waals surface area (Å²) in [6.07, 6.45) is 0. The van der Waals surface area contributed by atoms with Gasteiger partial charge in [-0.15, -0.1) is 0 Å². The molecule has 0 spiro atoms. The Labute approximate surface area is 91.3 Å². The lowest BCUT2D eigenvalue weighted by atomic mass is 10.2. The van der Waals surface area contributed by atoms with Gasteiger partial charge in [0.2, 0.25) is 0 Å². The number of rotatable bonds is 1. The van der Waals surface area contributed by atoms with Crippen molar-refractivity contribution < 1.29 is 0 Å². The molecule has 6 nitrogen and oxygen atoms in total. The molecule has 2 heterocycles. The summed E-state index contributed by atoms with van der Waals surface area (Å²) in [5.74, 6) is 0.347. The van der Waals surface area contributed by atoms with Gasteiger partial charge in [-0.25, -0.2) is 9.78 Å². The van der Waals surface area contributed by atoms with Gasteiger partial charge >= 0.3 is 5.69 Å². The zero-order valence-corrected chi connectivity index (χ0v) is 9.37. The number of aromatic amines is 1. The van der Waals surface area contributed by atoms with Crippen molar-refractivity contribution in [3.63, 3.8) is 0 Å². The fourth-order valence-electron chi connectivity index (χ4n) is 1.71. The summed E-state index contributed by atoms with van der Waals surface area (Å²) in [6.45, 7) is 6.28. The van der Waals surface area contributed by atoms with Gasteiger partial charge in [-0.1, -0.05) is 0 Å². The van der Waals surface area contributed by atoms with Crippen LogP contribution in [0.4, 0.5) is 0 Å². The van der Waals surface area contributed by atoms with Gasteiger partial charge in [-0.2, -0.15) is 4.98 Å². The molecule has 0 radical (unpaired) electrons. The number of aryl methyl sites for hydroxylation is 1. The second-order valence-corrected chi connectivity index (χ2v) is 3.57. The number of nitrogens with zero attached hydrogens (tertiary/aromatic N) is 3. The first kappa shape index (κ1) is 10.5. The quantitative estimate of drug-likeness (QED) is 0.737. The molecule has 0 aliphatic carbocycles. The molecule has 2 aliphatic rings. The molecule has 0 atom stereocenters. The van der Waals surface area contributed by atoms with Crippen LogP contribution < -0.4 is 11.2 Å². The highest BCUT2D eigenvalue weighted by molar-refractivity contribution is 5.50.